The van der Waals surface area contributed by atoms with Gasteiger partial charge in [-0.25, -0.2) is 13.1 Å². The van der Waals surface area contributed by atoms with Gasteiger partial charge in [-0.05, 0) is 24.5 Å². The SMILES string of the molecule is COC(=O)C(CNS(=O)(=O)c1c(Cl)cccc1Cl)CC(C)C. The summed E-state index contributed by atoms with van der Waals surface area (Å²) in [5.41, 5.74) is 0. The molecule has 0 aliphatic carbocycles. The first-order valence-electron chi connectivity index (χ1n) is 6.70. The van der Waals surface area contributed by atoms with Crippen LogP contribution in [-0.4, -0.2) is 28.0 Å². The van der Waals surface area contributed by atoms with Crippen LogP contribution in [-0.2, 0) is 19.6 Å². The molecule has 0 radical (unpaired) electrons. The molecule has 1 aromatic rings. The molecule has 0 spiro atoms. The van der Waals surface area contributed by atoms with Crippen molar-refractivity contribution in [2.75, 3.05) is 13.7 Å². The van der Waals surface area contributed by atoms with Crippen LogP contribution in [0.1, 0.15) is 20.3 Å². The number of carbonyl (C=O) groups excluding carboxylic acids is 1. The van der Waals surface area contributed by atoms with Crippen molar-refractivity contribution >= 4 is 39.2 Å². The first-order valence-corrected chi connectivity index (χ1v) is 8.94. The van der Waals surface area contributed by atoms with E-state index in [1.165, 1.54) is 19.2 Å². The third-order valence-electron chi connectivity index (χ3n) is 3.00. The predicted molar refractivity (Wildman–Crippen MR) is 86.6 cm³/mol. The molecule has 5 nitrogen and oxygen atoms in total. The molecule has 124 valence electrons. The van der Waals surface area contributed by atoms with Crippen LogP contribution in [0.25, 0.3) is 0 Å². The average Bonchev–Trinajstić information content (AvgIpc) is 2.41. The molecule has 0 saturated heterocycles. The fraction of sp³-hybridized carbons (Fsp3) is 0.500. The Labute approximate surface area is 141 Å². The van der Waals surface area contributed by atoms with Gasteiger partial charge in [0.1, 0.15) is 4.90 Å². The Hall–Kier alpha value is -0.820. The summed E-state index contributed by atoms with van der Waals surface area (Å²) in [4.78, 5) is 11.5. The van der Waals surface area contributed by atoms with Crippen molar-refractivity contribution in [3.05, 3.63) is 28.2 Å². The Morgan fingerprint density at radius 1 is 1.27 bits per heavy atom. The summed E-state index contributed by atoms with van der Waals surface area (Å²) >= 11 is 11.8. The highest BCUT2D eigenvalue weighted by Gasteiger charge is 2.26. The van der Waals surface area contributed by atoms with Crippen molar-refractivity contribution in [3.8, 4) is 0 Å². The van der Waals surface area contributed by atoms with Crippen LogP contribution in [0.3, 0.4) is 0 Å². The van der Waals surface area contributed by atoms with Gasteiger partial charge in [0, 0.05) is 6.54 Å². The van der Waals surface area contributed by atoms with Crippen LogP contribution in [0, 0.1) is 11.8 Å². The number of hydrogen-bond acceptors (Lipinski definition) is 4. The van der Waals surface area contributed by atoms with E-state index in [1.807, 2.05) is 13.8 Å². The molecule has 0 heterocycles. The number of ether oxygens (including phenoxy) is 1. The summed E-state index contributed by atoms with van der Waals surface area (Å²) in [7, 11) is -2.64. The summed E-state index contributed by atoms with van der Waals surface area (Å²) < 4.78 is 31.8. The Kier molecular flexibility index (Phi) is 7.12. The number of methoxy groups -OCH3 is 1. The maximum atomic E-state index is 12.3. The zero-order chi connectivity index (χ0) is 16.9. The largest absolute Gasteiger partial charge is 0.469 e. The Balaban J connectivity index is 2.94. The molecule has 0 fully saturated rings. The molecule has 1 aromatic carbocycles. The van der Waals surface area contributed by atoms with Crippen LogP contribution in [0.2, 0.25) is 10.0 Å². The summed E-state index contributed by atoms with van der Waals surface area (Å²) in [6, 6.07) is 4.43. The average molecular weight is 368 g/mol. The van der Waals surface area contributed by atoms with E-state index in [1.54, 1.807) is 6.07 Å². The van der Waals surface area contributed by atoms with E-state index in [9.17, 15) is 13.2 Å². The molecule has 1 rings (SSSR count). The van der Waals surface area contributed by atoms with Crippen molar-refractivity contribution in [3.63, 3.8) is 0 Å². The van der Waals surface area contributed by atoms with Crippen molar-refractivity contribution in [2.45, 2.75) is 25.2 Å². The monoisotopic (exact) mass is 367 g/mol. The van der Waals surface area contributed by atoms with Crippen molar-refractivity contribution in [1.29, 1.82) is 0 Å². The van der Waals surface area contributed by atoms with Crippen molar-refractivity contribution in [1.82, 2.24) is 4.72 Å². The van der Waals surface area contributed by atoms with Crippen LogP contribution in [0.15, 0.2) is 23.1 Å². The summed E-state index contributed by atoms with van der Waals surface area (Å²) in [6.07, 6.45) is 0.505. The predicted octanol–water partition coefficient (Wildman–Crippen LogP) is 3.11. The van der Waals surface area contributed by atoms with E-state index in [-0.39, 0.29) is 27.4 Å². The lowest BCUT2D eigenvalue weighted by molar-refractivity contribution is -0.145. The standard InChI is InChI=1S/C14H19Cl2NO4S/c1-9(2)7-10(14(18)21-3)8-17-22(19,20)13-11(15)5-4-6-12(13)16/h4-6,9-10,17H,7-8H2,1-3H3. The van der Waals surface area contributed by atoms with Crippen LogP contribution < -0.4 is 4.72 Å². The van der Waals surface area contributed by atoms with E-state index in [0.29, 0.717) is 6.42 Å². The van der Waals surface area contributed by atoms with Crippen LogP contribution >= 0.6 is 23.2 Å². The third-order valence-corrected chi connectivity index (χ3v) is 5.38. The fourth-order valence-corrected chi connectivity index (χ4v) is 4.24. The Bertz CT molecular complexity index is 611. The van der Waals surface area contributed by atoms with Gasteiger partial charge >= 0.3 is 5.97 Å². The highest BCUT2D eigenvalue weighted by molar-refractivity contribution is 7.89. The minimum Gasteiger partial charge on any atom is -0.469 e. The van der Waals surface area contributed by atoms with Crippen molar-refractivity contribution in [2.24, 2.45) is 11.8 Å². The lowest BCUT2D eigenvalue weighted by Gasteiger charge is -2.18. The molecule has 0 aromatic heterocycles. The second kappa shape index (κ2) is 8.15. The molecule has 0 amide bonds. The highest BCUT2D eigenvalue weighted by atomic mass is 35.5. The highest BCUT2D eigenvalue weighted by Crippen LogP contribution is 2.28. The number of sulfonamides is 1. The lowest BCUT2D eigenvalue weighted by Crippen LogP contribution is -2.34. The Morgan fingerprint density at radius 2 is 1.82 bits per heavy atom. The number of rotatable bonds is 7. The maximum absolute atomic E-state index is 12.3. The molecule has 1 atom stereocenters. The number of benzene rings is 1. The van der Waals surface area contributed by atoms with E-state index in [2.05, 4.69) is 4.72 Å². The maximum Gasteiger partial charge on any atom is 0.309 e. The molecular formula is C14H19Cl2NO4S. The van der Waals surface area contributed by atoms with Crippen LogP contribution in [0.4, 0.5) is 0 Å². The van der Waals surface area contributed by atoms with Gasteiger partial charge in [0.15, 0.2) is 0 Å². The van der Waals surface area contributed by atoms with E-state index < -0.39 is 21.9 Å². The van der Waals surface area contributed by atoms with E-state index in [0.717, 1.165) is 0 Å². The van der Waals surface area contributed by atoms with Gasteiger partial charge in [0.25, 0.3) is 0 Å². The minimum absolute atomic E-state index is 0.0264. The molecule has 22 heavy (non-hydrogen) atoms. The molecule has 0 aliphatic rings. The van der Waals surface area contributed by atoms with E-state index in [4.69, 9.17) is 27.9 Å². The molecular weight excluding hydrogens is 349 g/mol. The zero-order valence-electron chi connectivity index (χ0n) is 12.6. The minimum atomic E-state index is -3.92. The summed E-state index contributed by atoms with van der Waals surface area (Å²) in [5, 5.41) is 0.0527. The molecule has 8 heteroatoms. The van der Waals surface area contributed by atoms with Gasteiger partial charge < -0.3 is 4.74 Å². The van der Waals surface area contributed by atoms with Gasteiger partial charge in [0.05, 0.1) is 23.1 Å². The molecule has 1 unspecified atom stereocenters. The van der Waals surface area contributed by atoms with Gasteiger partial charge in [-0.3, -0.25) is 4.79 Å². The van der Waals surface area contributed by atoms with Crippen LogP contribution in [0.5, 0.6) is 0 Å². The molecule has 0 saturated carbocycles. The summed E-state index contributed by atoms with van der Waals surface area (Å²) in [5.74, 6) is -0.805. The van der Waals surface area contributed by atoms with Gasteiger partial charge in [-0.15, -0.1) is 0 Å². The number of hydrogen-bond donors (Lipinski definition) is 1. The third kappa shape index (κ3) is 5.12. The molecule has 0 bridgehead atoms. The van der Waals surface area contributed by atoms with Gasteiger partial charge in [-0.2, -0.15) is 0 Å². The summed E-state index contributed by atoms with van der Waals surface area (Å²) in [6.45, 7) is 3.81. The Morgan fingerprint density at radius 3 is 2.27 bits per heavy atom. The van der Waals surface area contributed by atoms with Gasteiger partial charge in [-0.1, -0.05) is 43.1 Å². The molecule has 1 N–H and O–H groups in total. The first-order chi connectivity index (χ1) is 10.2. The smallest absolute Gasteiger partial charge is 0.309 e. The second-order valence-corrected chi connectivity index (χ2v) is 7.77. The van der Waals surface area contributed by atoms with Crippen molar-refractivity contribution < 1.29 is 17.9 Å². The van der Waals surface area contributed by atoms with E-state index >= 15 is 0 Å². The topological polar surface area (TPSA) is 72.5 Å². The van der Waals surface area contributed by atoms with Gasteiger partial charge in [0.2, 0.25) is 10.0 Å². The normalized spacial score (nSPS) is 13.2. The number of carbonyl (C=O) groups is 1. The number of esters is 1. The second-order valence-electron chi connectivity index (χ2n) is 5.25. The number of halogens is 2. The first kappa shape index (κ1) is 19.2. The number of nitrogens with one attached hydrogen (secondary N) is 1. The fourth-order valence-electron chi connectivity index (χ4n) is 2.02. The quantitative estimate of drug-likeness (QED) is 0.751. The zero-order valence-corrected chi connectivity index (χ0v) is 14.9. The lowest BCUT2D eigenvalue weighted by atomic mass is 9.97. The molecule has 0 aliphatic heterocycles.